The second-order valence-electron chi connectivity index (χ2n) is 2.87. The summed E-state index contributed by atoms with van der Waals surface area (Å²) < 4.78 is 5.11. The van der Waals surface area contributed by atoms with Crippen LogP contribution in [-0.2, 0) is 21.1 Å². The van der Waals surface area contributed by atoms with E-state index in [9.17, 15) is 0 Å². The first-order chi connectivity index (χ1) is 6.93. The van der Waals surface area contributed by atoms with Gasteiger partial charge in [-0.15, -0.1) is 0 Å². The molecule has 0 unspecified atom stereocenters. The van der Waals surface area contributed by atoms with E-state index in [2.05, 4.69) is 15.0 Å². The molecule has 2 heterocycles. The van der Waals surface area contributed by atoms with Crippen LogP contribution in [0.2, 0.25) is 0 Å². The van der Waals surface area contributed by atoms with E-state index < -0.39 is 0 Å². The van der Waals surface area contributed by atoms with Gasteiger partial charge in [0.05, 0.1) is 6.20 Å². The van der Waals surface area contributed by atoms with Gasteiger partial charge in [-0.3, -0.25) is 0 Å². The Morgan fingerprint density at radius 1 is 1.20 bits per heavy atom. The minimum Gasteiger partial charge on any atom is -0.445 e. The van der Waals surface area contributed by atoms with Crippen molar-refractivity contribution in [3.63, 3.8) is 0 Å². The van der Waals surface area contributed by atoms with E-state index in [-0.39, 0.29) is 21.1 Å². The third-order valence-electron chi connectivity index (χ3n) is 1.96. The van der Waals surface area contributed by atoms with E-state index in [1.54, 1.807) is 6.20 Å². The van der Waals surface area contributed by atoms with Crippen molar-refractivity contribution in [3.05, 3.63) is 36.7 Å². The van der Waals surface area contributed by atoms with Crippen molar-refractivity contribution >= 4 is 11.0 Å². The number of oxazole rings is 1. The SMILES string of the molecule is [Pt].c1ccc2[n-]c(-c3ncco3)nc2c1. The second-order valence-corrected chi connectivity index (χ2v) is 2.87. The van der Waals surface area contributed by atoms with Crippen LogP contribution in [0.5, 0.6) is 0 Å². The average Bonchev–Trinajstić information content (AvgIpc) is 2.86. The van der Waals surface area contributed by atoms with E-state index in [0.29, 0.717) is 11.7 Å². The van der Waals surface area contributed by atoms with Crippen molar-refractivity contribution in [1.82, 2.24) is 15.0 Å². The zero-order valence-electron chi connectivity index (χ0n) is 7.53. The number of benzene rings is 1. The van der Waals surface area contributed by atoms with Crippen LogP contribution in [0.1, 0.15) is 0 Å². The Kier molecular flexibility index (Phi) is 2.69. The Morgan fingerprint density at radius 3 is 2.80 bits per heavy atom. The summed E-state index contributed by atoms with van der Waals surface area (Å²) in [6.07, 6.45) is 3.09. The third-order valence-corrected chi connectivity index (χ3v) is 1.96. The maximum absolute atomic E-state index is 5.11. The summed E-state index contributed by atoms with van der Waals surface area (Å²) in [6, 6.07) is 7.68. The van der Waals surface area contributed by atoms with E-state index >= 15 is 0 Å². The van der Waals surface area contributed by atoms with Crippen molar-refractivity contribution in [1.29, 1.82) is 0 Å². The summed E-state index contributed by atoms with van der Waals surface area (Å²) in [5.74, 6) is 0.998. The zero-order valence-corrected chi connectivity index (χ0v) is 9.80. The van der Waals surface area contributed by atoms with Gasteiger partial charge in [0, 0.05) is 26.9 Å². The molecular weight excluding hydrogens is 373 g/mol. The van der Waals surface area contributed by atoms with Gasteiger partial charge in [0.1, 0.15) is 6.26 Å². The van der Waals surface area contributed by atoms with E-state index in [0.717, 1.165) is 11.0 Å². The number of hydrogen-bond acceptors (Lipinski definition) is 3. The topological polar surface area (TPSA) is 53.0 Å². The molecule has 3 rings (SSSR count). The molecule has 15 heavy (non-hydrogen) atoms. The van der Waals surface area contributed by atoms with E-state index in [1.807, 2.05) is 24.3 Å². The summed E-state index contributed by atoms with van der Waals surface area (Å²) in [7, 11) is 0. The molecule has 1 aromatic carbocycles. The number of aromatic nitrogens is 3. The fourth-order valence-electron chi connectivity index (χ4n) is 1.34. The van der Waals surface area contributed by atoms with Crippen molar-refractivity contribution in [2.75, 3.05) is 0 Å². The standard InChI is InChI=1S/C10H6N3O.Pt/c1-2-4-8-7(3-1)12-9(13-8)10-11-5-6-14-10;/h1-6H;/q-1;. The number of para-hydroxylation sites is 2. The average molecular weight is 379 g/mol. The molecule has 0 aliphatic carbocycles. The van der Waals surface area contributed by atoms with Crippen LogP contribution in [0, 0.1) is 0 Å². The summed E-state index contributed by atoms with van der Waals surface area (Å²) in [5.41, 5.74) is 1.72. The molecule has 0 fully saturated rings. The molecular formula is C10H6N3OPt-. The van der Waals surface area contributed by atoms with Gasteiger partial charge in [-0.05, 0) is 11.0 Å². The van der Waals surface area contributed by atoms with Gasteiger partial charge in [0.15, 0.2) is 0 Å². The molecule has 0 radical (unpaired) electrons. The first-order valence-electron chi connectivity index (χ1n) is 4.23. The Labute approximate surface area is 100 Å². The van der Waals surface area contributed by atoms with E-state index in [4.69, 9.17) is 4.42 Å². The molecule has 78 valence electrons. The summed E-state index contributed by atoms with van der Waals surface area (Å²) in [5, 5.41) is 0. The van der Waals surface area contributed by atoms with Gasteiger partial charge < -0.3 is 14.4 Å². The molecule has 5 heteroatoms. The van der Waals surface area contributed by atoms with Gasteiger partial charge in [-0.2, -0.15) is 0 Å². The van der Waals surface area contributed by atoms with Crippen molar-refractivity contribution in [3.8, 4) is 11.7 Å². The largest absolute Gasteiger partial charge is 0.445 e. The van der Waals surface area contributed by atoms with Crippen molar-refractivity contribution < 1.29 is 25.5 Å². The molecule has 0 N–H and O–H groups in total. The van der Waals surface area contributed by atoms with Crippen LogP contribution < -0.4 is 4.98 Å². The number of fused-ring (bicyclic) bond motifs is 1. The number of nitrogens with zero attached hydrogens (tertiary/aromatic N) is 3. The quantitative estimate of drug-likeness (QED) is 0.648. The molecule has 0 bridgehead atoms. The Balaban J connectivity index is 0.000000853. The Hall–Kier alpha value is -1.41. The van der Waals surface area contributed by atoms with Crippen LogP contribution in [0.4, 0.5) is 0 Å². The van der Waals surface area contributed by atoms with E-state index in [1.165, 1.54) is 6.26 Å². The van der Waals surface area contributed by atoms with Crippen LogP contribution in [0.15, 0.2) is 41.1 Å². The van der Waals surface area contributed by atoms with Crippen LogP contribution in [0.3, 0.4) is 0 Å². The summed E-state index contributed by atoms with van der Waals surface area (Å²) in [4.78, 5) is 12.6. The molecule has 2 aromatic heterocycles. The fraction of sp³-hybridized carbons (Fsp3) is 0. The first kappa shape index (κ1) is 10.1. The monoisotopic (exact) mass is 379 g/mol. The van der Waals surface area contributed by atoms with Crippen molar-refractivity contribution in [2.45, 2.75) is 0 Å². The molecule has 0 saturated carbocycles. The minimum atomic E-state index is 0. The summed E-state index contributed by atoms with van der Waals surface area (Å²) in [6.45, 7) is 0. The maximum atomic E-state index is 5.11. The van der Waals surface area contributed by atoms with Gasteiger partial charge in [0.2, 0.25) is 5.89 Å². The molecule has 0 amide bonds. The molecule has 4 nitrogen and oxygen atoms in total. The summed E-state index contributed by atoms with van der Waals surface area (Å²) >= 11 is 0. The molecule has 0 spiro atoms. The zero-order chi connectivity index (χ0) is 9.38. The normalized spacial score (nSPS) is 10.1. The minimum absolute atomic E-state index is 0. The Bertz CT molecular complexity index is 526. The van der Waals surface area contributed by atoms with Crippen molar-refractivity contribution in [2.24, 2.45) is 0 Å². The number of rotatable bonds is 1. The molecule has 0 aliphatic rings. The second kappa shape index (κ2) is 3.99. The smallest absolute Gasteiger partial charge is 0.217 e. The van der Waals surface area contributed by atoms with Gasteiger partial charge in [-0.25, -0.2) is 4.98 Å². The Morgan fingerprint density at radius 2 is 2.07 bits per heavy atom. The molecule has 3 aromatic rings. The van der Waals surface area contributed by atoms with Crippen LogP contribution in [-0.4, -0.2) is 9.97 Å². The van der Waals surface area contributed by atoms with Crippen LogP contribution in [0.25, 0.3) is 22.7 Å². The number of hydrogen-bond donors (Lipinski definition) is 0. The third kappa shape index (κ3) is 1.73. The molecule has 0 saturated heterocycles. The van der Waals surface area contributed by atoms with Crippen LogP contribution >= 0.6 is 0 Å². The maximum Gasteiger partial charge on any atom is 0.217 e. The van der Waals surface area contributed by atoms with Gasteiger partial charge >= 0.3 is 0 Å². The predicted molar refractivity (Wildman–Crippen MR) is 50.6 cm³/mol. The number of imidazole rings is 1. The predicted octanol–water partition coefficient (Wildman–Crippen LogP) is 1.84. The van der Waals surface area contributed by atoms with Gasteiger partial charge in [-0.1, -0.05) is 24.3 Å². The van der Waals surface area contributed by atoms with Gasteiger partial charge in [0.25, 0.3) is 0 Å². The molecule has 0 aliphatic heterocycles. The fourth-order valence-corrected chi connectivity index (χ4v) is 1.34. The molecule has 0 atom stereocenters. The first-order valence-corrected chi connectivity index (χ1v) is 4.23.